The molecule has 0 saturated carbocycles. The fourth-order valence-corrected chi connectivity index (χ4v) is 4.08. The van der Waals surface area contributed by atoms with Crippen molar-refractivity contribution in [1.82, 2.24) is 10.2 Å². The van der Waals surface area contributed by atoms with Gasteiger partial charge in [-0.1, -0.05) is 18.5 Å². The summed E-state index contributed by atoms with van der Waals surface area (Å²) in [4.78, 5) is 24.9. The van der Waals surface area contributed by atoms with E-state index in [2.05, 4.69) is 27.3 Å². The second kappa shape index (κ2) is 6.90. The molecule has 0 amide bonds. The summed E-state index contributed by atoms with van der Waals surface area (Å²) in [5, 5.41) is 22.3. The average molecular weight is 404 g/mol. The number of carbonyl (C=O) groups excluding carboxylic acids is 1. The predicted molar refractivity (Wildman–Crippen MR) is 103 cm³/mol. The number of carbonyl (C=O) groups is 1. The lowest BCUT2D eigenvalue weighted by molar-refractivity contribution is -0.384. The highest BCUT2D eigenvalue weighted by molar-refractivity contribution is 6.29. The van der Waals surface area contributed by atoms with E-state index >= 15 is 0 Å². The van der Waals surface area contributed by atoms with E-state index in [0.29, 0.717) is 30.5 Å². The summed E-state index contributed by atoms with van der Waals surface area (Å²) in [6, 6.07) is 7.17. The molecule has 9 nitrogen and oxygen atoms in total. The van der Waals surface area contributed by atoms with E-state index in [0.717, 1.165) is 12.1 Å². The number of anilines is 2. The number of non-ortho nitro benzene ring substituents is 1. The highest BCUT2D eigenvalue weighted by Gasteiger charge is 2.49. The molecule has 2 aliphatic heterocycles. The Kier molecular flexibility index (Phi) is 4.54. The minimum Gasteiger partial charge on any atom is -0.457 e. The molecule has 0 radical (unpaired) electrons. The van der Waals surface area contributed by atoms with Crippen LogP contribution < -0.4 is 10.2 Å². The van der Waals surface area contributed by atoms with E-state index < -0.39 is 10.9 Å². The SMILES string of the molecule is CC[C@@]12CNc3nnc(Cl)cc3N1C[C@@H](OC(=O)c1ccc([N+](=O)[O-])cc1)C2. The van der Waals surface area contributed by atoms with Gasteiger partial charge in [-0.05, 0) is 18.6 Å². The summed E-state index contributed by atoms with van der Waals surface area (Å²) in [6.07, 6.45) is 1.20. The summed E-state index contributed by atoms with van der Waals surface area (Å²) in [7, 11) is 0. The van der Waals surface area contributed by atoms with E-state index in [1.165, 1.54) is 24.3 Å². The molecular formula is C18H18ClN5O4. The Morgan fingerprint density at radius 3 is 2.86 bits per heavy atom. The van der Waals surface area contributed by atoms with Gasteiger partial charge in [-0.2, -0.15) is 0 Å². The largest absolute Gasteiger partial charge is 0.457 e. The van der Waals surface area contributed by atoms with Crippen molar-refractivity contribution in [2.45, 2.75) is 31.4 Å². The molecule has 1 N–H and O–H groups in total. The molecule has 0 spiro atoms. The molecule has 0 bridgehead atoms. The molecule has 3 heterocycles. The van der Waals surface area contributed by atoms with Gasteiger partial charge in [-0.15, -0.1) is 10.2 Å². The fraction of sp³-hybridized carbons (Fsp3) is 0.389. The number of aromatic nitrogens is 2. The van der Waals surface area contributed by atoms with Crippen LogP contribution >= 0.6 is 11.6 Å². The van der Waals surface area contributed by atoms with Gasteiger partial charge in [0, 0.05) is 31.2 Å². The normalized spacial score (nSPS) is 22.8. The highest BCUT2D eigenvalue weighted by Crippen LogP contribution is 2.44. The molecule has 28 heavy (non-hydrogen) atoms. The Bertz CT molecular complexity index is 938. The van der Waals surface area contributed by atoms with Gasteiger partial charge in [-0.3, -0.25) is 10.1 Å². The van der Waals surface area contributed by atoms with Crippen LogP contribution in [0.25, 0.3) is 0 Å². The van der Waals surface area contributed by atoms with E-state index in [-0.39, 0.29) is 22.9 Å². The van der Waals surface area contributed by atoms with Crippen molar-refractivity contribution in [3.63, 3.8) is 0 Å². The van der Waals surface area contributed by atoms with Crippen LogP contribution in [0.1, 0.15) is 30.1 Å². The lowest BCUT2D eigenvalue weighted by Crippen LogP contribution is -2.52. The number of hydrogen-bond donors (Lipinski definition) is 1. The van der Waals surface area contributed by atoms with Crippen LogP contribution in [0.3, 0.4) is 0 Å². The molecule has 2 aromatic rings. The van der Waals surface area contributed by atoms with Gasteiger partial charge in [0.15, 0.2) is 11.0 Å². The molecule has 1 fully saturated rings. The van der Waals surface area contributed by atoms with Crippen molar-refractivity contribution in [2.24, 2.45) is 0 Å². The summed E-state index contributed by atoms with van der Waals surface area (Å²) in [5.74, 6) is 0.167. The third kappa shape index (κ3) is 3.11. The maximum absolute atomic E-state index is 12.5. The third-order valence-electron chi connectivity index (χ3n) is 5.43. The van der Waals surface area contributed by atoms with Gasteiger partial charge < -0.3 is 15.0 Å². The number of halogens is 1. The van der Waals surface area contributed by atoms with E-state index in [1.54, 1.807) is 6.07 Å². The summed E-state index contributed by atoms with van der Waals surface area (Å²) in [6.45, 7) is 3.28. The lowest BCUT2D eigenvalue weighted by atomic mass is 9.90. The molecule has 2 aliphatic rings. The van der Waals surface area contributed by atoms with Crippen molar-refractivity contribution in [2.75, 3.05) is 23.3 Å². The lowest BCUT2D eigenvalue weighted by Gasteiger charge is -2.43. The second-order valence-electron chi connectivity index (χ2n) is 6.98. The summed E-state index contributed by atoms with van der Waals surface area (Å²) in [5.41, 5.74) is 0.857. The molecular weight excluding hydrogens is 386 g/mol. The maximum atomic E-state index is 12.5. The summed E-state index contributed by atoms with van der Waals surface area (Å²) >= 11 is 6.03. The van der Waals surface area contributed by atoms with Crippen molar-refractivity contribution < 1.29 is 14.5 Å². The summed E-state index contributed by atoms with van der Waals surface area (Å²) < 4.78 is 5.71. The van der Waals surface area contributed by atoms with Crippen LogP contribution in [0, 0.1) is 10.1 Å². The van der Waals surface area contributed by atoms with E-state index in [4.69, 9.17) is 16.3 Å². The van der Waals surface area contributed by atoms with Gasteiger partial charge in [0.05, 0.1) is 28.3 Å². The second-order valence-corrected chi connectivity index (χ2v) is 7.37. The highest BCUT2D eigenvalue weighted by atomic mass is 35.5. The van der Waals surface area contributed by atoms with Crippen molar-refractivity contribution >= 4 is 34.8 Å². The number of nitro benzene ring substituents is 1. The van der Waals surface area contributed by atoms with Crippen LogP contribution in [-0.4, -0.2) is 45.8 Å². The first-order chi connectivity index (χ1) is 13.4. The quantitative estimate of drug-likeness (QED) is 0.471. The zero-order valence-electron chi connectivity index (χ0n) is 15.1. The van der Waals surface area contributed by atoms with Gasteiger partial charge in [0.2, 0.25) is 0 Å². The number of nitrogens with zero attached hydrogens (tertiary/aromatic N) is 4. The molecule has 1 saturated heterocycles. The maximum Gasteiger partial charge on any atom is 0.338 e. The topological polar surface area (TPSA) is 110 Å². The van der Waals surface area contributed by atoms with E-state index in [1.807, 2.05) is 0 Å². The molecule has 0 aliphatic carbocycles. The number of nitro groups is 1. The number of hydrogen-bond acceptors (Lipinski definition) is 8. The molecule has 2 atom stereocenters. The van der Waals surface area contributed by atoms with Crippen LogP contribution in [-0.2, 0) is 4.74 Å². The molecule has 10 heteroatoms. The average Bonchev–Trinajstić information content (AvgIpc) is 3.07. The molecule has 0 unspecified atom stereocenters. The van der Waals surface area contributed by atoms with Gasteiger partial charge in [0.1, 0.15) is 6.10 Å². The zero-order valence-corrected chi connectivity index (χ0v) is 15.8. The Morgan fingerprint density at radius 1 is 1.43 bits per heavy atom. The number of rotatable bonds is 4. The van der Waals surface area contributed by atoms with Crippen LogP contribution in [0.2, 0.25) is 5.15 Å². The smallest absolute Gasteiger partial charge is 0.338 e. The number of nitrogens with one attached hydrogen (secondary N) is 1. The standard InChI is InChI=1S/C18H18ClN5O4/c1-2-18-8-13(28-17(25)11-3-5-12(6-4-11)24(26)27)9-23(18)14-7-15(19)21-22-16(14)20-10-18/h3-7,13H,2,8-10H2,1H3,(H,20,22)/t13-,18+/m0/s1. The third-order valence-corrected chi connectivity index (χ3v) is 5.62. The Hall–Kier alpha value is -2.94. The molecule has 1 aromatic heterocycles. The monoisotopic (exact) mass is 403 g/mol. The first kappa shape index (κ1) is 18.4. The van der Waals surface area contributed by atoms with Gasteiger partial charge >= 0.3 is 5.97 Å². The van der Waals surface area contributed by atoms with E-state index in [9.17, 15) is 14.9 Å². The van der Waals surface area contributed by atoms with Gasteiger partial charge in [0.25, 0.3) is 5.69 Å². The minimum atomic E-state index is -0.506. The first-order valence-electron chi connectivity index (χ1n) is 8.92. The number of fused-ring (bicyclic) bond motifs is 3. The van der Waals surface area contributed by atoms with Crippen LogP contribution in [0.4, 0.5) is 17.2 Å². The van der Waals surface area contributed by atoms with Crippen molar-refractivity contribution in [1.29, 1.82) is 0 Å². The zero-order chi connectivity index (χ0) is 19.9. The Balaban J connectivity index is 1.53. The number of ether oxygens (including phenoxy) is 1. The van der Waals surface area contributed by atoms with Crippen LogP contribution in [0.15, 0.2) is 30.3 Å². The number of benzene rings is 1. The van der Waals surface area contributed by atoms with Crippen molar-refractivity contribution in [3.05, 3.63) is 51.2 Å². The Labute approximate surface area is 165 Å². The fourth-order valence-electron chi connectivity index (χ4n) is 3.93. The number of esters is 1. The van der Waals surface area contributed by atoms with Crippen molar-refractivity contribution in [3.8, 4) is 0 Å². The molecule has 4 rings (SSSR count). The van der Waals surface area contributed by atoms with Gasteiger partial charge in [-0.25, -0.2) is 4.79 Å². The first-order valence-corrected chi connectivity index (χ1v) is 9.30. The molecule has 146 valence electrons. The predicted octanol–water partition coefficient (Wildman–Crippen LogP) is 3.05. The minimum absolute atomic E-state index is 0.0693. The van der Waals surface area contributed by atoms with Crippen LogP contribution in [0.5, 0.6) is 0 Å². The molecule has 1 aromatic carbocycles. The Morgan fingerprint density at radius 2 is 2.18 bits per heavy atom.